The topological polar surface area (TPSA) is 70.6 Å². The summed E-state index contributed by atoms with van der Waals surface area (Å²) in [6, 6.07) is 2.52. The van der Waals surface area contributed by atoms with Gasteiger partial charge in [-0.15, -0.1) is 0 Å². The van der Waals surface area contributed by atoms with Crippen molar-refractivity contribution in [2.45, 2.75) is 31.7 Å². The molecule has 3 heterocycles. The van der Waals surface area contributed by atoms with Crippen molar-refractivity contribution in [3.8, 4) is 0 Å². The van der Waals surface area contributed by atoms with Crippen LogP contribution >= 0.6 is 0 Å². The fraction of sp³-hybridized carbons (Fsp3) is 0.706. The summed E-state index contributed by atoms with van der Waals surface area (Å²) in [5.74, 6) is 2.33. The van der Waals surface area contributed by atoms with E-state index < -0.39 is 0 Å². The van der Waals surface area contributed by atoms with Gasteiger partial charge in [0.05, 0.1) is 13.2 Å². The summed E-state index contributed by atoms with van der Waals surface area (Å²) in [6.07, 6.45) is 5.74. The minimum Gasteiger partial charge on any atom is -0.378 e. The molecular weight excluding hydrogens is 306 g/mol. The van der Waals surface area contributed by atoms with Gasteiger partial charge < -0.3 is 19.9 Å². The van der Waals surface area contributed by atoms with Crippen molar-refractivity contribution in [2.75, 3.05) is 49.2 Å². The van der Waals surface area contributed by atoms with Gasteiger partial charge in [-0.1, -0.05) is 0 Å². The lowest BCUT2D eigenvalue weighted by atomic mass is 9.96. The number of hydrogen-bond acceptors (Lipinski definition) is 6. The van der Waals surface area contributed by atoms with E-state index >= 15 is 0 Å². The molecule has 0 aromatic carbocycles. The summed E-state index contributed by atoms with van der Waals surface area (Å²) in [5.41, 5.74) is 0. The first kappa shape index (κ1) is 15.6. The summed E-state index contributed by atoms with van der Waals surface area (Å²) < 4.78 is 5.40. The third-order valence-corrected chi connectivity index (χ3v) is 5.09. The molecule has 0 radical (unpaired) electrons. The highest BCUT2D eigenvalue weighted by Crippen LogP contribution is 2.26. The Bertz CT molecular complexity index is 578. The van der Waals surface area contributed by atoms with E-state index in [1.54, 1.807) is 6.33 Å². The van der Waals surface area contributed by atoms with E-state index in [0.29, 0.717) is 6.04 Å². The predicted molar refractivity (Wildman–Crippen MR) is 91.2 cm³/mol. The monoisotopic (exact) mass is 331 g/mol. The molecule has 0 spiro atoms. The molecule has 4 rings (SSSR count). The summed E-state index contributed by atoms with van der Waals surface area (Å²) in [5, 5.41) is 3.13. The minimum absolute atomic E-state index is 0.155. The Kier molecular flexibility index (Phi) is 4.51. The Morgan fingerprint density at radius 2 is 1.62 bits per heavy atom. The number of ether oxygens (including phenoxy) is 1. The quantitative estimate of drug-likeness (QED) is 0.880. The number of anilines is 2. The van der Waals surface area contributed by atoms with Crippen LogP contribution in [-0.4, -0.2) is 61.3 Å². The van der Waals surface area contributed by atoms with Crippen LogP contribution in [0.25, 0.3) is 0 Å². The van der Waals surface area contributed by atoms with Gasteiger partial charge in [0, 0.05) is 44.2 Å². The fourth-order valence-electron chi connectivity index (χ4n) is 3.39. The van der Waals surface area contributed by atoms with Gasteiger partial charge in [0.25, 0.3) is 0 Å². The maximum atomic E-state index is 12.2. The van der Waals surface area contributed by atoms with Crippen molar-refractivity contribution in [2.24, 2.45) is 5.92 Å². The number of carbonyl (C=O) groups is 1. The molecule has 2 saturated heterocycles. The van der Waals surface area contributed by atoms with Gasteiger partial charge in [-0.2, -0.15) is 0 Å². The molecule has 1 amide bonds. The lowest BCUT2D eigenvalue weighted by Gasteiger charge is -2.33. The van der Waals surface area contributed by atoms with Crippen LogP contribution in [0.5, 0.6) is 0 Å². The molecule has 24 heavy (non-hydrogen) atoms. The number of morpholine rings is 1. The first-order valence-corrected chi connectivity index (χ1v) is 8.99. The predicted octanol–water partition coefficient (Wildman–Crippen LogP) is 0.808. The first-order valence-electron chi connectivity index (χ1n) is 8.99. The number of piperidine rings is 1. The van der Waals surface area contributed by atoms with Crippen LogP contribution in [0.2, 0.25) is 0 Å². The van der Waals surface area contributed by atoms with E-state index in [0.717, 1.165) is 76.7 Å². The highest BCUT2D eigenvalue weighted by Gasteiger charge is 2.30. The van der Waals surface area contributed by atoms with Gasteiger partial charge in [-0.3, -0.25) is 4.79 Å². The maximum Gasteiger partial charge on any atom is 0.223 e. The van der Waals surface area contributed by atoms with Gasteiger partial charge >= 0.3 is 0 Å². The largest absolute Gasteiger partial charge is 0.378 e. The zero-order valence-electron chi connectivity index (χ0n) is 14.0. The van der Waals surface area contributed by atoms with E-state index in [1.165, 1.54) is 0 Å². The van der Waals surface area contributed by atoms with Crippen molar-refractivity contribution in [1.29, 1.82) is 0 Å². The Labute approximate surface area is 142 Å². The van der Waals surface area contributed by atoms with Crippen LogP contribution in [0.4, 0.5) is 11.6 Å². The molecule has 7 nitrogen and oxygen atoms in total. The Morgan fingerprint density at radius 3 is 2.25 bits per heavy atom. The SMILES string of the molecule is O=C(NC1CC1)C1CCN(c2cc(N3CCOCC3)ncn2)CC1. The van der Waals surface area contributed by atoms with Crippen LogP contribution in [0.3, 0.4) is 0 Å². The van der Waals surface area contributed by atoms with E-state index in [1.807, 2.05) is 0 Å². The van der Waals surface area contributed by atoms with E-state index in [4.69, 9.17) is 4.74 Å². The number of hydrogen-bond donors (Lipinski definition) is 1. The van der Waals surface area contributed by atoms with Gasteiger partial charge in [-0.25, -0.2) is 9.97 Å². The molecule has 0 atom stereocenters. The summed E-state index contributed by atoms with van der Waals surface area (Å²) in [4.78, 5) is 25.5. The number of rotatable bonds is 4. The Balaban J connectivity index is 1.35. The summed E-state index contributed by atoms with van der Waals surface area (Å²) in [6.45, 7) is 5.01. The maximum absolute atomic E-state index is 12.2. The van der Waals surface area contributed by atoms with E-state index in [-0.39, 0.29) is 11.8 Å². The number of carbonyl (C=O) groups excluding carboxylic acids is 1. The zero-order chi connectivity index (χ0) is 16.4. The number of amides is 1. The second-order valence-electron chi connectivity index (χ2n) is 6.88. The molecule has 1 saturated carbocycles. The fourth-order valence-corrected chi connectivity index (χ4v) is 3.39. The molecule has 0 unspecified atom stereocenters. The Morgan fingerprint density at radius 1 is 1.00 bits per heavy atom. The average Bonchev–Trinajstić information content (AvgIpc) is 3.47. The van der Waals surface area contributed by atoms with Crippen LogP contribution in [0.1, 0.15) is 25.7 Å². The molecule has 1 N–H and O–H groups in total. The number of nitrogens with zero attached hydrogens (tertiary/aromatic N) is 4. The summed E-state index contributed by atoms with van der Waals surface area (Å²) >= 11 is 0. The van der Waals surface area contributed by atoms with Gasteiger partial charge in [0.2, 0.25) is 5.91 Å². The minimum atomic E-state index is 0.155. The molecule has 1 aromatic rings. The lowest BCUT2D eigenvalue weighted by molar-refractivity contribution is -0.125. The third-order valence-electron chi connectivity index (χ3n) is 5.09. The molecular formula is C17H25N5O2. The normalized spacial score (nSPS) is 22.5. The molecule has 1 aromatic heterocycles. The summed E-state index contributed by atoms with van der Waals surface area (Å²) in [7, 11) is 0. The van der Waals surface area contributed by atoms with Crippen molar-refractivity contribution < 1.29 is 9.53 Å². The van der Waals surface area contributed by atoms with Gasteiger partial charge in [0.15, 0.2) is 0 Å². The number of aromatic nitrogens is 2. The highest BCUT2D eigenvalue weighted by atomic mass is 16.5. The van der Waals surface area contributed by atoms with Gasteiger partial charge in [-0.05, 0) is 25.7 Å². The van der Waals surface area contributed by atoms with Gasteiger partial charge in [0.1, 0.15) is 18.0 Å². The highest BCUT2D eigenvalue weighted by molar-refractivity contribution is 5.79. The van der Waals surface area contributed by atoms with Crippen LogP contribution < -0.4 is 15.1 Å². The van der Waals surface area contributed by atoms with Crippen molar-refractivity contribution in [3.63, 3.8) is 0 Å². The average molecular weight is 331 g/mol. The third kappa shape index (κ3) is 3.61. The molecule has 3 fully saturated rings. The smallest absolute Gasteiger partial charge is 0.223 e. The number of nitrogens with one attached hydrogen (secondary N) is 1. The van der Waals surface area contributed by atoms with E-state index in [9.17, 15) is 4.79 Å². The molecule has 7 heteroatoms. The second-order valence-corrected chi connectivity index (χ2v) is 6.88. The second kappa shape index (κ2) is 6.93. The molecule has 2 aliphatic heterocycles. The molecule has 130 valence electrons. The lowest BCUT2D eigenvalue weighted by Crippen LogP contribution is -2.41. The Hall–Kier alpha value is -1.89. The van der Waals surface area contributed by atoms with Crippen LogP contribution in [0.15, 0.2) is 12.4 Å². The van der Waals surface area contributed by atoms with Crippen molar-refractivity contribution in [3.05, 3.63) is 12.4 Å². The van der Waals surface area contributed by atoms with Crippen molar-refractivity contribution >= 4 is 17.5 Å². The van der Waals surface area contributed by atoms with E-state index in [2.05, 4.69) is 31.2 Å². The molecule has 1 aliphatic carbocycles. The standard InChI is InChI=1S/C17H25N5O2/c23-17(20-14-1-2-14)13-3-5-21(6-4-13)15-11-16(19-12-18-15)22-7-9-24-10-8-22/h11-14H,1-10H2,(H,20,23). The zero-order valence-corrected chi connectivity index (χ0v) is 14.0. The first-order chi connectivity index (χ1) is 11.8. The van der Waals surface area contributed by atoms with Crippen LogP contribution in [-0.2, 0) is 9.53 Å². The van der Waals surface area contributed by atoms with Crippen LogP contribution in [0, 0.1) is 5.92 Å². The molecule has 0 bridgehead atoms. The van der Waals surface area contributed by atoms with Crippen molar-refractivity contribution in [1.82, 2.24) is 15.3 Å². The molecule has 3 aliphatic rings.